The summed E-state index contributed by atoms with van der Waals surface area (Å²) in [5.41, 5.74) is 0.587. The van der Waals surface area contributed by atoms with Crippen LogP contribution in [0, 0.1) is 23.2 Å². The monoisotopic (exact) mass is 359 g/mol. The fourth-order valence-corrected chi connectivity index (χ4v) is 3.03. The van der Waals surface area contributed by atoms with Gasteiger partial charge in [0.15, 0.2) is 12.0 Å². The minimum Gasteiger partial charge on any atom is -0.354 e. The predicted octanol–water partition coefficient (Wildman–Crippen LogP) is 2.15. The number of nitriles is 1. The first-order chi connectivity index (χ1) is 12.5. The van der Waals surface area contributed by atoms with Crippen LogP contribution >= 0.6 is 0 Å². The van der Waals surface area contributed by atoms with Crippen molar-refractivity contribution in [3.8, 4) is 6.19 Å². The van der Waals surface area contributed by atoms with Crippen LogP contribution < -0.4 is 10.6 Å². The lowest BCUT2D eigenvalue weighted by Gasteiger charge is -2.31. The molecule has 0 radical (unpaired) electrons. The molecule has 1 heterocycles. The molecule has 7 heteroatoms. The number of nitrogens with one attached hydrogen (secondary N) is 2. The van der Waals surface area contributed by atoms with E-state index in [1.165, 1.54) is 12.1 Å². The summed E-state index contributed by atoms with van der Waals surface area (Å²) in [6.45, 7) is 7.09. The Hall–Kier alpha value is -2.46. The maximum Gasteiger partial charge on any atom is 0.204 e. The molecule has 0 aliphatic carbocycles. The van der Waals surface area contributed by atoms with E-state index in [2.05, 4.69) is 20.5 Å². The number of hydrogen-bond donors (Lipinski definition) is 2. The van der Waals surface area contributed by atoms with Gasteiger partial charge in [0.25, 0.3) is 0 Å². The van der Waals surface area contributed by atoms with E-state index in [1.807, 2.05) is 20.0 Å². The van der Waals surface area contributed by atoms with E-state index in [4.69, 9.17) is 5.26 Å². The molecule has 6 nitrogen and oxygen atoms in total. The molecule has 0 atom stereocenters. The second-order valence-electron chi connectivity index (χ2n) is 6.72. The van der Waals surface area contributed by atoms with Gasteiger partial charge in [0.2, 0.25) is 5.96 Å². The highest BCUT2D eigenvalue weighted by Crippen LogP contribution is 2.21. The summed E-state index contributed by atoms with van der Waals surface area (Å²) in [5.74, 6) is 0.273. The van der Waals surface area contributed by atoms with Gasteiger partial charge in [-0.05, 0) is 64.0 Å². The Morgan fingerprint density at radius 3 is 2.58 bits per heavy atom. The van der Waals surface area contributed by atoms with Crippen LogP contribution in [0.2, 0.25) is 0 Å². The zero-order valence-electron chi connectivity index (χ0n) is 15.3. The molecule has 26 heavy (non-hydrogen) atoms. The van der Waals surface area contributed by atoms with Crippen LogP contribution in [0.4, 0.5) is 4.39 Å². The number of halogens is 1. The summed E-state index contributed by atoms with van der Waals surface area (Å²) in [6, 6.07) is 5.89. The zero-order valence-corrected chi connectivity index (χ0v) is 15.3. The Labute approximate surface area is 154 Å². The molecule has 1 fully saturated rings. The number of Topliss-reactive ketones (excluding diaryl/α,β-unsaturated/α-hetero) is 1. The molecule has 0 spiro atoms. The fraction of sp³-hybridized carbons (Fsp3) is 0.526. The van der Waals surface area contributed by atoms with Crippen LogP contribution in [0.5, 0.6) is 0 Å². The van der Waals surface area contributed by atoms with Gasteiger partial charge in [-0.3, -0.25) is 10.1 Å². The van der Waals surface area contributed by atoms with Gasteiger partial charge >= 0.3 is 0 Å². The van der Waals surface area contributed by atoms with Crippen LogP contribution in [-0.2, 0) is 0 Å². The second kappa shape index (κ2) is 9.88. The Bertz CT molecular complexity index is 658. The molecule has 1 aromatic rings. The minimum absolute atomic E-state index is 0.00277. The van der Waals surface area contributed by atoms with Crippen molar-refractivity contribution in [1.29, 1.82) is 5.26 Å². The Balaban J connectivity index is 1.75. The highest BCUT2D eigenvalue weighted by atomic mass is 19.1. The van der Waals surface area contributed by atoms with Crippen LogP contribution in [0.25, 0.3) is 0 Å². The maximum atomic E-state index is 13.0. The number of likely N-dealkylation sites (tertiary alicyclic amines) is 1. The Kier molecular flexibility index (Phi) is 7.54. The summed E-state index contributed by atoms with van der Waals surface area (Å²) in [4.78, 5) is 19.1. The number of guanidine groups is 1. The lowest BCUT2D eigenvalue weighted by molar-refractivity contribution is 0.0842. The molecule has 1 aliphatic heterocycles. The van der Waals surface area contributed by atoms with Crippen molar-refractivity contribution in [2.75, 3.05) is 26.2 Å². The fourth-order valence-electron chi connectivity index (χ4n) is 3.03. The number of benzene rings is 1. The quantitative estimate of drug-likeness (QED) is 0.267. The number of rotatable bonds is 6. The minimum atomic E-state index is -0.324. The maximum absolute atomic E-state index is 13.0. The van der Waals surface area contributed by atoms with Gasteiger partial charge in [0.1, 0.15) is 5.82 Å². The third-order valence-electron chi connectivity index (χ3n) is 4.37. The first kappa shape index (κ1) is 19.9. The van der Waals surface area contributed by atoms with Crippen molar-refractivity contribution >= 4 is 11.7 Å². The van der Waals surface area contributed by atoms with Crippen LogP contribution in [0.15, 0.2) is 29.3 Å². The normalized spacial score (nSPS) is 16.3. The van der Waals surface area contributed by atoms with E-state index in [1.54, 1.807) is 12.1 Å². The zero-order chi connectivity index (χ0) is 18.9. The molecule has 140 valence electrons. The van der Waals surface area contributed by atoms with Crippen molar-refractivity contribution in [1.82, 2.24) is 15.5 Å². The molecule has 0 unspecified atom stereocenters. The van der Waals surface area contributed by atoms with Crippen molar-refractivity contribution in [3.63, 3.8) is 0 Å². The number of carbonyl (C=O) groups excluding carboxylic acids is 1. The predicted molar refractivity (Wildman–Crippen MR) is 99.2 cm³/mol. The number of hydrogen-bond acceptors (Lipinski definition) is 4. The summed E-state index contributed by atoms with van der Waals surface area (Å²) in [5, 5.41) is 14.4. The standard InChI is InChI=1S/C19H26FN5O/c1-14(2)24-19(23-13-21)22-9-12-25-10-7-16(8-11-25)18(26)15-3-5-17(20)6-4-15/h3-6,14,16H,7-12H2,1-2H3,(H2,22,23,24). The molecular weight excluding hydrogens is 333 g/mol. The van der Waals surface area contributed by atoms with E-state index in [0.29, 0.717) is 18.1 Å². The molecule has 0 amide bonds. The second-order valence-corrected chi connectivity index (χ2v) is 6.72. The van der Waals surface area contributed by atoms with Gasteiger partial charge in [0, 0.05) is 30.6 Å². The number of carbonyl (C=O) groups is 1. The van der Waals surface area contributed by atoms with E-state index >= 15 is 0 Å². The van der Waals surface area contributed by atoms with Gasteiger partial charge in [-0.25, -0.2) is 9.38 Å². The molecule has 1 aromatic carbocycles. The molecule has 0 saturated carbocycles. The average molecular weight is 359 g/mol. The van der Waals surface area contributed by atoms with Gasteiger partial charge < -0.3 is 10.2 Å². The molecule has 1 aliphatic rings. The van der Waals surface area contributed by atoms with Crippen molar-refractivity contribution in [3.05, 3.63) is 35.6 Å². The number of ketones is 1. The molecule has 2 N–H and O–H groups in total. The molecule has 1 saturated heterocycles. The van der Waals surface area contributed by atoms with Crippen molar-refractivity contribution in [2.45, 2.75) is 32.7 Å². The van der Waals surface area contributed by atoms with Crippen LogP contribution in [0.3, 0.4) is 0 Å². The van der Waals surface area contributed by atoms with E-state index < -0.39 is 0 Å². The van der Waals surface area contributed by atoms with Gasteiger partial charge in [-0.1, -0.05) is 0 Å². The van der Waals surface area contributed by atoms with Crippen molar-refractivity contribution in [2.24, 2.45) is 10.9 Å². The SMILES string of the molecule is CC(C)/N=C(\NC#N)NCCN1CCC(C(=O)c2ccc(F)cc2)CC1. The third-order valence-corrected chi connectivity index (χ3v) is 4.37. The number of aliphatic imine (C=N–C) groups is 1. The van der Waals surface area contributed by atoms with E-state index in [9.17, 15) is 9.18 Å². The van der Waals surface area contributed by atoms with E-state index in [-0.39, 0.29) is 23.6 Å². The lowest BCUT2D eigenvalue weighted by atomic mass is 9.89. The highest BCUT2D eigenvalue weighted by Gasteiger charge is 2.25. The van der Waals surface area contributed by atoms with E-state index in [0.717, 1.165) is 32.5 Å². The lowest BCUT2D eigenvalue weighted by Crippen LogP contribution is -2.43. The van der Waals surface area contributed by atoms with Gasteiger partial charge in [-0.15, -0.1) is 0 Å². The molecule has 0 aromatic heterocycles. The number of piperidine rings is 1. The molecule has 2 rings (SSSR count). The van der Waals surface area contributed by atoms with Crippen LogP contribution in [-0.4, -0.2) is 48.9 Å². The highest BCUT2D eigenvalue weighted by molar-refractivity contribution is 5.97. The Morgan fingerprint density at radius 1 is 1.35 bits per heavy atom. The largest absolute Gasteiger partial charge is 0.354 e. The summed E-state index contributed by atoms with van der Waals surface area (Å²) in [7, 11) is 0. The van der Waals surface area contributed by atoms with Crippen molar-refractivity contribution < 1.29 is 9.18 Å². The summed E-state index contributed by atoms with van der Waals surface area (Å²) < 4.78 is 13.0. The first-order valence-corrected chi connectivity index (χ1v) is 8.98. The average Bonchev–Trinajstić information content (AvgIpc) is 2.62. The Morgan fingerprint density at radius 2 is 2.00 bits per heavy atom. The smallest absolute Gasteiger partial charge is 0.204 e. The topological polar surface area (TPSA) is 80.5 Å². The molecular formula is C19H26FN5O. The molecule has 0 bridgehead atoms. The summed E-state index contributed by atoms with van der Waals surface area (Å²) >= 11 is 0. The van der Waals surface area contributed by atoms with Gasteiger partial charge in [-0.2, -0.15) is 5.26 Å². The first-order valence-electron chi connectivity index (χ1n) is 8.98. The summed E-state index contributed by atoms with van der Waals surface area (Å²) in [6.07, 6.45) is 3.49. The van der Waals surface area contributed by atoms with Crippen LogP contribution in [0.1, 0.15) is 37.0 Å². The third kappa shape index (κ3) is 6.12. The number of nitrogens with zero attached hydrogens (tertiary/aromatic N) is 3. The van der Waals surface area contributed by atoms with Gasteiger partial charge in [0.05, 0.1) is 0 Å².